The smallest absolute Gasteiger partial charge is 0.348 e. The number of nitrogens with zero attached hydrogens (tertiary/aromatic N) is 1. The predicted octanol–water partition coefficient (Wildman–Crippen LogP) is 4.41. The molecular formula is C18H15ClN2O3S. The zero-order valence-electron chi connectivity index (χ0n) is 13.6. The topological polar surface area (TPSA) is 79.2 Å². The standard InChI is InChI=1S/C18H15ClN2O3S/c1-3-24-18(23)16-11(2)13(10-20)17(25-16)21-15(22)9-8-12-6-4-5-7-14(12)19/h4-9H,3H2,1-2H3,(H,21,22). The van der Waals surface area contributed by atoms with Gasteiger partial charge in [0.05, 0.1) is 12.2 Å². The third-order valence-electron chi connectivity index (χ3n) is 3.28. The van der Waals surface area contributed by atoms with Crippen molar-refractivity contribution < 1.29 is 14.3 Å². The molecule has 0 saturated heterocycles. The van der Waals surface area contributed by atoms with Gasteiger partial charge in [-0.15, -0.1) is 11.3 Å². The summed E-state index contributed by atoms with van der Waals surface area (Å²) in [4.78, 5) is 24.3. The summed E-state index contributed by atoms with van der Waals surface area (Å²) >= 11 is 7.05. The molecule has 1 heterocycles. The average molecular weight is 375 g/mol. The second-order valence-electron chi connectivity index (χ2n) is 4.94. The van der Waals surface area contributed by atoms with Crippen LogP contribution in [-0.4, -0.2) is 18.5 Å². The first-order chi connectivity index (χ1) is 12.0. The summed E-state index contributed by atoms with van der Waals surface area (Å²) in [5.41, 5.74) is 1.46. The van der Waals surface area contributed by atoms with Gasteiger partial charge in [-0.1, -0.05) is 29.8 Å². The molecule has 128 valence electrons. The lowest BCUT2D eigenvalue weighted by atomic mass is 10.1. The van der Waals surface area contributed by atoms with Crippen molar-refractivity contribution in [1.82, 2.24) is 0 Å². The van der Waals surface area contributed by atoms with Gasteiger partial charge in [-0.05, 0) is 37.1 Å². The molecule has 25 heavy (non-hydrogen) atoms. The SMILES string of the molecule is CCOC(=O)c1sc(NC(=O)C=Cc2ccccc2Cl)c(C#N)c1C. The van der Waals surface area contributed by atoms with E-state index in [1.165, 1.54) is 6.08 Å². The molecule has 0 aliphatic carbocycles. The van der Waals surface area contributed by atoms with Crippen molar-refractivity contribution in [2.75, 3.05) is 11.9 Å². The number of halogens is 1. The summed E-state index contributed by atoms with van der Waals surface area (Å²) in [6.45, 7) is 3.59. The van der Waals surface area contributed by atoms with Gasteiger partial charge >= 0.3 is 5.97 Å². The van der Waals surface area contributed by atoms with Crippen LogP contribution in [0.15, 0.2) is 30.3 Å². The van der Waals surface area contributed by atoms with Gasteiger partial charge in [0.25, 0.3) is 0 Å². The van der Waals surface area contributed by atoms with Crippen LogP contribution >= 0.6 is 22.9 Å². The van der Waals surface area contributed by atoms with Gasteiger partial charge in [-0.2, -0.15) is 5.26 Å². The summed E-state index contributed by atoms with van der Waals surface area (Å²) in [5, 5.41) is 12.8. The highest BCUT2D eigenvalue weighted by molar-refractivity contribution is 7.18. The molecule has 0 aliphatic heterocycles. The number of benzene rings is 1. The van der Waals surface area contributed by atoms with E-state index >= 15 is 0 Å². The lowest BCUT2D eigenvalue weighted by molar-refractivity contribution is -0.111. The number of nitrogens with one attached hydrogen (secondary N) is 1. The predicted molar refractivity (Wildman–Crippen MR) is 98.8 cm³/mol. The normalized spacial score (nSPS) is 10.5. The fraction of sp³-hybridized carbons (Fsp3) is 0.167. The average Bonchev–Trinajstić information content (AvgIpc) is 2.90. The van der Waals surface area contributed by atoms with Crippen LogP contribution in [0.1, 0.15) is 33.3 Å². The molecular weight excluding hydrogens is 360 g/mol. The van der Waals surface area contributed by atoms with Crippen LogP contribution in [0.4, 0.5) is 5.00 Å². The van der Waals surface area contributed by atoms with E-state index in [-0.39, 0.29) is 12.2 Å². The van der Waals surface area contributed by atoms with Gasteiger partial charge in [-0.25, -0.2) is 4.79 Å². The number of carbonyl (C=O) groups excluding carboxylic acids is 2. The molecule has 7 heteroatoms. The molecule has 0 aliphatic rings. The Balaban J connectivity index is 2.21. The van der Waals surface area contributed by atoms with Crippen molar-refractivity contribution in [2.45, 2.75) is 13.8 Å². The third-order valence-corrected chi connectivity index (χ3v) is 4.81. The first-order valence-corrected chi connectivity index (χ1v) is 8.61. The van der Waals surface area contributed by atoms with Crippen molar-refractivity contribution in [3.8, 4) is 6.07 Å². The highest BCUT2D eigenvalue weighted by Crippen LogP contribution is 2.33. The third kappa shape index (κ3) is 4.47. The van der Waals surface area contributed by atoms with Crippen LogP contribution in [0.3, 0.4) is 0 Å². The van der Waals surface area contributed by atoms with E-state index < -0.39 is 11.9 Å². The van der Waals surface area contributed by atoms with Gasteiger partial charge in [0, 0.05) is 11.1 Å². The number of carbonyl (C=O) groups is 2. The van der Waals surface area contributed by atoms with Crippen molar-refractivity contribution in [1.29, 1.82) is 5.26 Å². The number of hydrogen-bond donors (Lipinski definition) is 1. The Morgan fingerprint density at radius 2 is 2.12 bits per heavy atom. The quantitative estimate of drug-likeness (QED) is 0.621. The number of rotatable bonds is 5. The van der Waals surface area contributed by atoms with Crippen LogP contribution in [0, 0.1) is 18.3 Å². The molecule has 0 bridgehead atoms. The molecule has 1 aromatic carbocycles. The van der Waals surface area contributed by atoms with Crippen LogP contribution in [0.25, 0.3) is 6.08 Å². The maximum absolute atomic E-state index is 12.1. The van der Waals surface area contributed by atoms with Crippen molar-refractivity contribution in [2.24, 2.45) is 0 Å². The molecule has 1 aromatic heterocycles. The Morgan fingerprint density at radius 1 is 1.40 bits per heavy atom. The molecule has 2 rings (SSSR count). The monoisotopic (exact) mass is 374 g/mol. The first kappa shape index (κ1) is 18.7. The van der Waals surface area contributed by atoms with Crippen LogP contribution in [0.2, 0.25) is 5.02 Å². The maximum atomic E-state index is 12.1. The van der Waals surface area contributed by atoms with E-state index in [9.17, 15) is 14.9 Å². The minimum atomic E-state index is -0.506. The Kier molecular flexibility index (Phi) is 6.34. The fourth-order valence-corrected chi connectivity index (χ4v) is 3.31. The maximum Gasteiger partial charge on any atom is 0.348 e. The highest BCUT2D eigenvalue weighted by atomic mass is 35.5. The van der Waals surface area contributed by atoms with Crippen LogP contribution in [-0.2, 0) is 9.53 Å². The Bertz CT molecular complexity index is 881. The summed E-state index contributed by atoms with van der Waals surface area (Å²) < 4.78 is 4.97. The first-order valence-electron chi connectivity index (χ1n) is 7.42. The Hall–Kier alpha value is -2.62. The molecule has 0 radical (unpaired) electrons. The molecule has 0 fully saturated rings. The summed E-state index contributed by atoms with van der Waals surface area (Å²) in [5.74, 6) is -0.929. The zero-order valence-corrected chi connectivity index (χ0v) is 15.2. The number of esters is 1. The molecule has 0 saturated carbocycles. The molecule has 5 nitrogen and oxygen atoms in total. The molecule has 0 atom stereocenters. The number of ether oxygens (including phenoxy) is 1. The van der Waals surface area contributed by atoms with E-state index in [0.717, 1.165) is 11.3 Å². The Morgan fingerprint density at radius 3 is 2.76 bits per heavy atom. The molecule has 0 spiro atoms. The van der Waals surface area contributed by atoms with Gasteiger partial charge in [0.15, 0.2) is 0 Å². The summed E-state index contributed by atoms with van der Waals surface area (Å²) in [7, 11) is 0. The van der Waals surface area contributed by atoms with E-state index in [1.807, 2.05) is 12.1 Å². The van der Waals surface area contributed by atoms with Gasteiger partial charge in [0.1, 0.15) is 15.9 Å². The van der Waals surface area contributed by atoms with Gasteiger partial charge < -0.3 is 10.1 Å². The fourth-order valence-electron chi connectivity index (χ4n) is 2.06. The number of anilines is 1. The van der Waals surface area contributed by atoms with E-state index in [1.54, 1.807) is 38.1 Å². The number of amides is 1. The summed E-state index contributed by atoms with van der Waals surface area (Å²) in [6, 6.07) is 9.12. The van der Waals surface area contributed by atoms with Crippen LogP contribution in [0.5, 0.6) is 0 Å². The molecule has 2 aromatic rings. The lowest BCUT2D eigenvalue weighted by Gasteiger charge is -2.00. The van der Waals surface area contributed by atoms with E-state index in [2.05, 4.69) is 5.32 Å². The lowest BCUT2D eigenvalue weighted by Crippen LogP contribution is -2.07. The second kappa shape index (κ2) is 8.47. The summed E-state index contributed by atoms with van der Waals surface area (Å²) in [6.07, 6.45) is 2.90. The minimum Gasteiger partial charge on any atom is -0.462 e. The van der Waals surface area contributed by atoms with Gasteiger partial charge in [-0.3, -0.25) is 4.79 Å². The van der Waals surface area contributed by atoms with E-state index in [0.29, 0.717) is 26.0 Å². The highest BCUT2D eigenvalue weighted by Gasteiger charge is 2.21. The minimum absolute atomic E-state index is 0.236. The molecule has 0 unspecified atom stereocenters. The molecule has 1 N–H and O–H groups in total. The number of nitriles is 1. The zero-order chi connectivity index (χ0) is 18.4. The van der Waals surface area contributed by atoms with Gasteiger partial charge in [0.2, 0.25) is 5.91 Å². The second-order valence-corrected chi connectivity index (χ2v) is 6.36. The van der Waals surface area contributed by atoms with Crippen LogP contribution < -0.4 is 5.32 Å². The Labute approximate surface area is 154 Å². The van der Waals surface area contributed by atoms with Crippen molar-refractivity contribution >= 4 is 45.9 Å². The number of thiophene rings is 1. The number of hydrogen-bond acceptors (Lipinski definition) is 5. The molecule has 1 amide bonds. The largest absolute Gasteiger partial charge is 0.462 e. The van der Waals surface area contributed by atoms with Crippen molar-refractivity contribution in [3.05, 3.63) is 56.9 Å². The van der Waals surface area contributed by atoms with E-state index in [4.69, 9.17) is 16.3 Å². The van der Waals surface area contributed by atoms with Crippen molar-refractivity contribution in [3.63, 3.8) is 0 Å².